The van der Waals surface area contributed by atoms with Crippen LogP contribution in [0, 0.1) is 0 Å². The van der Waals surface area contributed by atoms with Crippen LogP contribution in [0.4, 0.5) is 4.79 Å². The predicted molar refractivity (Wildman–Crippen MR) is 59.9 cm³/mol. The van der Waals surface area contributed by atoms with Crippen LogP contribution < -0.4 is 5.32 Å². The fourth-order valence-corrected chi connectivity index (χ4v) is 2.25. The normalized spacial score (nSPS) is 30.5. The minimum Gasteiger partial charge on any atom is -0.318 e. The number of alkyl halides is 2. The maximum atomic E-state index is 11.4. The molecule has 1 N–H and O–H groups in total. The number of likely N-dealkylation sites (N-methyl/N-ethyl adjacent to an activating group) is 1. The monoisotopic (exact) mass is 244 g/mol. The Balaban J connectivity index is 2.46. The van der Waals surface area contributed by atoms with E-state index in [1.165, 1.54) is 4.90 Å². The van der Waals surface area contributed by atoms with Gasteiger partial charge in [-0.1, -0.05) is 53.5 Å². The molecule has 1 heterocycles. The number of carbonyl (C=O) groups is 1. The summed E-state index contributed by atoms with van der Waals surface area (Å²) in [6, 6.07) is 9.03. The zero-order valence-electron chi connectivity index (χ0n) is 8.08. The third-order valence-corrected chi connectivity index (χ3v) is 3.78. The number of rotatable bonds is 1. The van der Waals surface area contributed by atoms with Crippen molar-refractivity contribution in [2.75, 3.05) is 7.05 Å². The van der Waals surface area contributed by atoms with Gasteiger partial charge in [-0.05, 0) is 5.56 Å². The lowest BCUT2D eigenvalue weighted by Gasteiger charge is -2.30. The summed E-state index contributed by atoms with van der Waals surface area (Å²) in [5.41, 5.74) is 0.159. The van der Waals surface area contributed by atoms with Crippen LogP contribution in [0.3, 0.4) is 0 Å². The number of urea groups is 1. The third-order valence-electron chi connectivity index (χ3n) is 2.56. The van der Waals surface area contributed by atoms with Gasteiger partial charge < -0.3 is 10.2 Å². The van der Waals surface area contributed by atoms with Crippen molar-refractivity contribution in [3.63, 3.8) is 0 Å². The van der Waals surface area contributed by atoms with Crippen molar-refractivity contribution >= 4 is 29.2 Å². The largest absolute Gasteiger partial charge is 0.320 e. The molecule has 0 bridgehead atoms. The maximum Gasteiger partial charge on any atom is 0.320 e. The summed E-state index contributed by atoms with van der Waals surface area (Å²) in [6.07, 6.45) is 0. The first-order valence-electron chi connectivity index (χ1n) is 4.49. The zero-order valence-corrected chi connectivity index (χ0v) is 9.59. The quantitative estimate of drug-likeness (QED) is 0.597. The van der Waals surface area contributed by atoms with Crippen molar-refractivity contribution in [2.24, 2.45) is 0 Å². The van der Waals surface area contributed by atoms with Crippen LogP contribution in [-0.2, 0) is 5.00 Å². The number of halogens is 2. The van der Waals surface area contributed by atoms with Crippen molar-refractivity contribution in [3.05, 3.63) is 35.9 Å². The highest BCUT2D eigenvalue weighted by Gasteiger charge is 2.50. The first-order valence-corrected chi connectivity index (χ1v) is 5.31. The molecule has 0 aliphatic carbocycles. The highest BCUT2D eigenvalue weighted by molar-refractivity contribution is 6.34. The molecule has 2 rings (SSSR count). The SMILES string of the molecule is CN1C(=O)NC(Cl)C1(Cl)c1ccccc1. The van der Waals surface area contributed by atoms with Crippen LogP contribution in [0.25, 0.3) is 0 Å². The molecule has 0 aromatic heterocycles. The maximum absolute atomic E-state index is 11.4. The second kappa shape index (κ2) is 3.58. The molecule has 1 fully saturated rings. The smallest absolute Gasteiger partial charge is 0.318 e. The lowest BCUT2D eigenvalue weighted by atomic mass is 10.1. The average molecular weight is 245 g/mol. The van der Waals surface area contributed by atoms with Gasteiger partial charge in [-0.2, -0.15) is 0 Å². The van der Waals surface area contributed by atoms with Gasteiger partial charge in [0.15, 0.2) is 5.00 Å². The zero-order chi connectivity index (χ0) is 11.1. The summed E-state index contributed by atoms with van der Waals surface area (Å²) in [7, 11) is 1.62. The van der Waals surface area contributed by atoms with Crippen LogP contribution in [0.15, 0.2) is 30.3 Å². The number of carbonyl (C=O) groups excluding carboxylic acids is 1. The number of hydrogen-bond donors (Lipinski definition) is 1. The molecule has 1 aliphatic rings. The Labute approximate surface area is 98.0 Å². The summed E-state index contributed by atoms with van der Waals surface area (Å²) in [5, 5.41) is 2.58. The number of hydrogen-bond acceptors (Lipinski definition) is 1. The molecule has 2 unspecified atom stereocenters. The van der Waals surface area contributed by atoms with Crippen LogP contribution in [-0.4, -0.2) is 23.5 Å². The van der Waals surface area contributed by atoms with E-state index in [0.717, 1.165) is 5.56 Å². The van der Waals surface area contributed by atoms with E-state index in [-0.39, 0.29) is 6.03 Å². The molecule has 1 saturated heterocycles. The molecule has 1 aromatic rings. The number of nitrogens with one attached hydrogen (secondary N) is 1. The standard InChI is InChI=1S/C10H10Cl2N2O/c1-14-9(15)13-8(11)10(14,12)7-5-3-2-4-6-7/h2-6,8H,1H3,(H,13,15). The van der Waals surface area contributed by atoms with Crippen molar-refractivity contribution < 1.29 is 4.79 Å². The van der Waals surface area contributed by atoms with Gasteiger partial charge in [0.2, 0.25) is 0 Å². The summed E-state index contributed by atoms with van der Waals surface area (Å²) in [6.45, 7) is 0. The van der Waals surface area contributed by atoms with Crippen molar-refractivity contribution in [2.45, 2.75) is 10.5 Å². The Morgan fingerprint density at radius 2 is 2.00 bits per heavy atom. The van der Waals surface area contributed by atoms with Gasteiger partial charge in [-0.15, -0.1) is 0 Å². The summed E-state index contributed by atoms with van der Waals surface area (Å²) in [5.74, 6) is 0. The molecular formula is C10H10Cl2N2O. The van der Waals surface area contributed by atoms with E-state index in [4.69, 9.17) is 23.2 Å². The van der Waals surface area contributed by atoms with Gasteiger partial charge in [0.1, 0.15) is 5.50 Å². The van der Waals surface area contributed by atoms with Crippen molar-refractivity contribution in [1.29, 1.82) is 0 Å². The molecule has 1 aliphatic heterocycles. The number of nitrogens with zero attached hydrogens (tertiary/aromatic N) is 1. The number of benzene rings is 1. The highest BCUT2D eigenvalue weighted by Crippen LogP contribution is 2.41. The van der Waals surface area contributed by atoms with E-state index in [2.05, 4.69) is 5.32 Å². The van der Waals surface area contributed by atoms with E-state index in [9.17, 15) is 4.79 Å². The first-order chi connectivity index (χ1) is 7.06. The molecule has 15 heavy (non-hydrogen) atoms. The average Bonchev–Trinajstić information content (AvgIpc) is 2.45. The van der Waals surface area contributed by atoms with Gasteiger partial charge in [-0.3, -0.25) is 0 Å². The lowest BCUT2D eigenvalue weighted by molar-refractivity contribution is 0.209. The molecule has 80 valence electrons. The van der Waals surface area contributed by atoms with Crippen molar-refractivity contribution in [3.8, 4) is 0 Å². The molecule has 0 saturated carbocycles. The van der Waals surface area contributed by atoms with Gasteiger partial charge in [0.05, 0.1) is 0 Å². The third kappa shape index (κ3) is 1.46. The minimum atomic E-state index is -1.01. The first kappa shape index (κ1) is 10.6. The topological polar surface area (TPSA) is 32.3 Å². The number of amides is 2. The van der Waals surface area contributed by atoms with E-state index in [1.54, 1.807) is 7.05 Å². The molecule has 0 radical (unpaired) electrons. The lowest BCUT2D eigenvalue weighted by Crippen LogP contribution is -2.39. The minimum absolute atomic E-state index is 0.270. The van der Waals surface area contributed by atoms with E-state index in [1.807, 2.05) is 30.3 Å². The fourth-order valence-electron chi connectivity index (χ4n) is 1.63. The Kier molecular flexibility index (Phi) is 2.52. The predicted octanol–water partition coefficient (Wildman–Crippen LogP) is 2.30. The van der Waals surface area contributed by atoms with Crippen molar-refractivity contribution in [1.82, 2.24) is 10.2 Å². The van der Waals surface area contributed by atoms with E-state index < -0.39 is 10.5 Å². The van der Waals surface area contributed by atoms with E-state index in [0.29, 0.717) is 0 Å². The van der Waals surface area contributed by atoms with Gasteiger partial charge in [-0.25, -0.2) is 4.79 Å². The van der Waals surface area contributed by atoms with Crippen LogP contribution >= 0.6 is 23.2 Å². The van der Waals surface area contributed by atoms with Crippen LogP contribution in [0.2, 0.25) is 0 Å². The van der Waals surface area contributed by atoms with E-state index >= 15 is 0 Å². The Hall–Kier alpha value is -0.930. The fraction of sp³-hybridized carbons (Fsp3) is 0.300. The molecular weight excluding hydrogens is 235 g/mol. The van der Waals surface area contributed by atoms with Gasteiger partial charge in [0.25, 0.3) is 0 Å². The summed E-state index contributed by atoms with van der Waals surface area (Å²) >= 11 is 12.4. The second-order valence-corrected chi connectivity index (χ2v) is 4.42. The Bertz CT molecular complexity index is 384. The second-order valence-electron chi connectivity index (χ2n) is 3.41. The summed E-state index contributed by atoms with van der Waals surface area (Å²) < 4.78 is 0. The molecule has 3 nitrogen and oxygen atoms in total. The molecule has 0 spiro atoms. The molecule has 2 amide bonds. The molecule has 5 heteroatoms. The summed E-state index contributed by atoms with van der Waals surface area (Å²) in [4.78, 5) is 11.8. The van der Waals surface area contributed by atoms with Gasteiger partial charge >= 0.3 is 6.03 Å². The molecule has 1 aromatic carbocycles. The van der Waals surface area contributed by atoms with Crippen LogP contribution in [0.1, 0.15) is 5.56 Å². The Morgan fingerprint density at radius 3 is 2.47 bits per heavy atom. The van der Waals surface area contributed by atoms with Gasteiger partial charge in [0, 0.05) is 7.05 Å². The highest BCUT2D eigenvalue weighted by atomic mass is 35.5. The van der Waals surface area contributed by atoms with Crippen LogP contribution in [0.5, 0.6) is 0 Å². The Morgan fingerprint density at radius 1 is 1.40 bits per heavy atom. The molecule has 2 atom stereocenters.